The standard InChI is InChI=1S/C14H14BrNO3/c1-16(18-2)13(17)9-19-12-8-7-10-5-3-4-6-11(10)14(12)15/h3-8H,9H2,1-2H3. The number of benzene rings is 2. The molecule has 2 rings (SSSR count). The molecular weight excluding hydrogens is 310 g/mol. The molecule has 0 unspecified atom stereocenters. The molecule has 2 aromatic carbocycles. The predicted molar refractivity (Wildman–Crippen MR) is 76.9 cm³/mol. The summed E-state index contributed by atoms with van der Waals surface area (Å²) in [5, 5.41) is 3.30. The second-order valence-electron chi connectivity index (χ2n) is 3.96. The Morgan fingerprint density at radius 3 is 2.74 bits per heavy atom. The van der Waals surface area contributed by atoms with Crippen molar-refractivity contribution in [3.63, 3.8) is 0 Å². The lowest BCUT2D eigenvalue weighted by molar-refractivity contribution is -0.170. The van der Waals surface area contributed by atoms with Gasteiger partial charge in [0, 0.05) is 7.05 Å². The maximum atomic E-state index is 11.6. The van der Waals surface area contributed by atoms with Crippen LogP contribution in [0, 0.1) is 0 Å². The van der Waals surface area contributed by atoms with Gasteiger partial charge in [-0.2, -0.15) is 0 Å². The van der Waals surface area contributed by atoms with Gasteiger partial charge in [-0.3, -0.25) is 9.63 Å². The van der Waals surface area contributed by atoms with Crippen LogP contribution in [-0.2, 0) is 9.63 Å². The van der Waals surface area contributed by atoms with Crippen molar-refractivity contribution in [2.45, 2.75) is 0 Å². The van der Waals surface area contributed by atoms with E-state index in [1.807, 2.05) is 36.4 Å². The summed E-state index contributed by atoms with van der Waals surface area (Å²) in [6.45, 7) is -0.0682. The fourth-order valence-electron chi connectivity index (χ4n) is 1.66. The van der Waals surface area contributed by atoms with Crippen LogP contribution in [-0.4, -0.2) is 31.7 Å². The molecule has 0 saturated heterocycles. The van der Waals surface area contributed by atoms with Crippen molar-refractivity contribution in [1.82, 2.24) is 5.06 Å². The summed E-state index contributed by atoms with van der Waals surface area (Å²) in [6.07, 6.45) is 0. The van der Waals surface area contributed by atoms with Gasteiger partial charge >= 0.3 is 0 Å². The van der Waals surface area contributed by atoms with Crippen molar-refractivity contribution in [2.24, 2.45) is 0 Å². The van der Waals surface area contributed by atoms with E-state index in [1.165, 1.54) is 7.11 Å². The fraction of sp³-hybridized carbons (Fsp3) is 0.214. The number of rotatable bonds is 4. The van der Waals surface area contributed by atoms with Crippen molar-refractivity contribution in [2.75, 3.05) is 20.8 Å². The molecule has 100 valence electrons. The highest BCUT2D eigenvalue weighted by Crippen LogP contribution is 2.32. The summed E-state index contributed by atoms with van der Waals surface area (Å²) in [5.74, 6) is 0.388. The molecule has 0 saturated carbocycles. The number of carbonyl (C=O) groups is 1. The average Bonchev–Trinajstić information content (AvgIpc) is 2.45. The second-order valence-corrected chi connectivity index (χ2v) is 4.75. The first-order valence-electron chi connectivity index (χ1n) is 5.74. The van der Waals surface area contributed by atoms with Gasteiger partial charge in [-0.15, -0.1) is 0 Å². The smallest absolute Gasteiger partial charge is 0.283 e. The summed E-state index contributed by atoms with van der Waals surface area (Å²) in [6, 6.07) is 11.8. The van der Waals surface area contributed by atoms with E-state index in [9.17, 15) is 4.79 Å². The van der Waals surface area contributed by atoms with Crippen molar-refractivity contribution in [1.29, 1.82) is 0 Å². The Kier molecular flexibility index (Phi) is 4.39. The SMILES string of the molecule is CON(C)C(=O)COc1ccc2ccccc2c1Br. The summed E-state index contributed by atoms with van der Waals surface area (Å²) >= 11 is 3.50. The Labute approximate surface area is 120 Å². The number of fused-ring (bicyclic) bond motifs is 1. The molecule has 4 nitrogen and oxygen atoms in total. The molecule has 0 aliphatic rings. The molecule has 0 bridgehead atoms. The van der Waals surface area contributed by atoms with E-state index in [0.717, 1.165) is 20.3 Å². The van der Waals surface area contributed by atoms with Gasteiger partial charge in [-0.05, 0) is 32.8 Å². The first kappa shape index (κ1) is 13.8. The van der Waals surface area contributed by atoms with E-state index in [4.69, 9.17) is 9.57 Å². The Balaban J connectivity index is 2.18. The van der Waals surface area contributed by atoms with Crippen LogP contribution in [0.15, 0.2) is 40.9 Å². The predicted octanol–water partition coefficient (Wildman–Crippen LogP) is 3.00. The lowest BCUT2D eigenvalue weighted by Crippen LogP contribution is -2.30. The molecule has 0 radical (unpaired) electrons. The molecule has 0 aromatic heterocycles. The van der Waals surface area contributed by atoms with Gasteiger partial charge in [-0.25, -0.2) is 5.06 Å². The van der Waals surface area contributed by atoms with E-state index >= 15 is 0 Å². The number of carbonyl (C=O) groups excluding carboxylic acids is 1. The van der Waals surface area contributed by atoms with E-state index in [2.05, 4.69) is 15.9 Å². The Morgan fingerprint density at radius 2 is 2.00 bits per heavy atom. The summed E-state index contributed by atoms with van der Waals surface area (Å²) in [5.41, 5.74) is 0. The Morgan fingerprint density at radius 1 is 1.26 bits per heavy atom. The van der Waals surface area contributed by atoms with Crippen LogP contribution in [0.1, 0.15) is 0 Å². The molecular formula is C14H14BrNO3. The van der Waals surface area contributed by atoms with Crippen LogP contribution >= 0.6 is 15.9 Å². The van der Waals surface area contributed by atoms with Crippen LogP contribution in [0.4, 0.5) is 0 Å². The first-order chi connectivity index (χ1) is 9.13. The average molecular weight is 324 g/mol. The third-order valence-corrected chi connectivity index (χ3v) is 3.62. The van der Waals surface area contributed by atoms with Gasteiger partial charge in [0.05, 0.1) is 11.6 Å². The molecule has 19 heavy (non-hydrogen) atoms. The van der Waals surface area contributed by atoms with Crippen LogP contribution in [0.5, 0.6) is 5.75 Å². The van der Waals surface area contributed by atoms with E-state index in [-0.39, 0.29) is 12.5 Å². The van der Waals surface area contributed by atoms with Crippen molar-refractivity contribution < 1.29 is 14.4 Å². The molecule has 0 fully saturated rings. The molecule has 2 aromatic rings. The highest BCUT2D eigenvalue weighted by molar-refractivity contribution is 9.10. The molecule has 0 atom stereocenters. The minimum Gasteiger partial charge on any atom is -0.482 e. The Hall–Kier alpha value is -1.59. The van der Waals surface area contributed by atoms with E-state index in [0.29, 0.717) is 5.75 Å². The van der Waals surface area contributed by atoms with Crippen LogP contribution in [0.2, 0.25) is 0 Å². The van der Waals surface area contributed by atoms with Gasteiger partial charge in [0.1, 0.15) is 5.75 Å². The first-order valence-corrected chi connectivity index (χ1v) is 6.53. The largest absolute Gasteiger partial charge is 0.482 e. The van der Waals surface area contributed by atoms with Crippen molar-refractivity contribution >= 4 is 32.6 Å². The lowest BCUT2D eigenvalue weighted by Gasteiger charge is -2.15. The highest BCUT2D eigenvalue weighted by Gasteiger charge is 2.11. The minimum atomic E-state index is -0.248. The number of ether oxygens (including phenoxy) is 1. The second kappa shape index (κ2) is 6.04. The van der Waals surface area contributed by atoms with Crippen molar-refractivity contribution in [3.05, 3.63) is 40.9 Å². The lowest BCUT2D eigenvalue weighted by atomic mass is 10.1. The molecule has 5 heteroatoms. The zero-order valence-electron chi connectivity index (χ0n) is 10.7. The monoisotopic (exact) mass is 323 g/mol. The van der Waals surface area contributed by atoms with Gasteiger partial charge in [0.25, 0.3) is 5.91 Å². The quantitative estimate of drug-likeness (QED) is 0.812. The van der Waals surface area contributed by atoms with Gasteiger partial charge in [0.15, 0.2) is 6.61 Å². The van der Waals surface area contributed by atoms with E-state index in [1.54, 1.807) is 7.05 Å². The Bertz CT molecular complexity index is 600. The van der Waals surface area contributed by atoms with E-state index < -0.39 is 0 Å². The van der Waals surface area contributed by atoms with Gasteiger partial charge in [-0.1, -0.05) is 30.3 Å². The number of nitrogens with zero attached hydrogens (tertiary/aromatic N) is 1. The topological polar surface area (TPSA) is 38.8 Å². The maximum Gasteiger partial charge on any atom is 0.283 e. The van der Waals surface area contributed by atoms with Crippen LogP contribution in [0.25, 0.3) is 10.8 Å². The van der Waals surface area contributed by atoms with Gasteiger partial charge < -0.3 is 4.74 Å². The minimum absolute atomic E-state index is 0.0682. The molecule has 1 amide bonds. The number of amides is 1. The maximum absolute atomic E-state index is 11.6. The van der Waals surface area contributed by atoms with Crippen LogP contribution < -0.4 is 4.74 Å². The highest BCUT2D eigenvalue weighted by atomic mass is 79.9. The molecule has 0 aliphatic heterocycles. The van der Waals surface area contributed by atoms with Crippen LogP contribution in [0.3, 0.4) is 0 Å². The summed E-state index contributed by atoms with van der Waals surface area (Å²) in [7, 11) is 2.98. The molecule has 0 spiro atoms. The number of hydroxylamine groups is 2. The van der Waals surface area contributed by atoms with Crippen molar-refractivity contribution in [3.8, 4) is 5.75 Å². The zero-order chi connectivity index (χ0) is 13.8. The summed E-state index contributed by atoms with van der Waals surface area (Å²) in [4.78, 5) is 16.4. The molecule has 0 aliphatic carbocycles. The fourth-order valence-corrected chi connectivity index (χ4v) is 2.26. The number of hydrogen-bond donors (Lipinski definition) is 0. The third kappa shape index (κ3) is 3.05. The normalized spacial score (nSPS) is 10.5. The number of likely N-dealkylation sites (N-methyl/N-ethyl adjacent to an activating group) is 1. The zero-order valence-corrected chi connectivity index (χ0v) is 12.3. The number of halogens is 1. The summed E-state index contributed by atoms with van der Waals surface area (Å²) < 4.78 is 6.36. The number of hydrogen-bond acceptors (Lipinski definition) is 3. The van der Waals surface area contributed by atoms with Gasteiger partial charge in [0.2, 0.25) is 0 Å². The molecule has 0 N–H and O–H groups in total. The molecule has 0 heterocycles. The third-order valence-electron chi connectivity index (χ3n) is 2.80.